The largest absolute Gasteiger partial charge is 0.248 e. The van der Waals surface area contributed by atoms with Gasteiger partial charge in [-0.3, -0.25) is 0 Å². The van der Waals surface area contributed by atoms with E-state index in [4.69, 9.17) is 4.99 Å². The van der Waals surface area contributed by atoms with E-state index in [1.165, 1.54) is 82.8 Å². The van der Waals surface area contributed by atoms with Crippen LogP contribution in [0.1, 0.15) is 40.3 Å². The number of benzene rings is 9. The van der Waals surface area contributed by atoms with Crippen molar-refractivity contribution in [1.82, 2.24) is 0 Å². The van der Waals surface area contributed by atoms with E-state index < -0.39 is 5.41 Å². The standard InChI is InChI=1S/C57H39N/c1-37-55(56(58-38(2)39-15-4-3-5-16-39)50-24-14-20-43-18-8-9-21-47(43)50)51-23-11-13-26-53(51)57(37)52-25-12-10-22-48(52)49-34-33-46(36-54(49)57)42-29-27-41(28-30-42)45-32-31-40-17-6-7-19-44(40)35-45/h3-36H,2H2,1H3. The van der Waals surface area contributed by atoms with E-state index in [-0.39, 0.29) is 0 Å². The summed E-state index contributed by atoms with van der Waals surface area (Å²) in [5, 5.41) is 4.87. The van der Waals surface area contributed by atoms with Crippen LogP contribution in [0.25, 0.3) is 66.2 Å². The predicted molar refractivity (Wildman–Crippen MR) is 245 cm³/mol. The van der Waals surface area contributed by atoms with Gasteiger partial charge in [0.05, 0.1) is 16.8 Å². The lowest BCUT2D eigenvalue weighted by Crippen LogP contribution is -2.26. The molecule has 58 heavy (non-hydrogen) atoms. The molecule has 0 fully saturated rings. The molecule has 1 spiro atoms. The van der Waals surface area contributed by atoms with Crippen LogP contribution in [0.5, 0.6) is 0 Å². The fraction of sp³-hybridized carbons (Fsp3) is 0.0351. The number of rotatable bonds is 6. The summed E-state index contributed by atoms with van der Waals surface area (Å²) in [7, 11) is 0. The van der Waals surface area contributed by atoms with Crippen molar-refractivity contribution in [3.05, 3.63) is 252 Å². The zero-order valence-corrected chi connectivity index (χ0v) is 32.3. The van der Waals surface area contributed by atoms with Crippen LogP contribution in [0.3, 0.4) is 0 Å². The Morgan fingerprint density at radius 1 is 0.431 bits per heavy atom. The van der Waals surface area contributed by atoms with Crippen molar-refractivity contribution < 1.29 is 0 Å². The van der Waals surface area contributed by atoms with Gasteiger partial charge in [-0.1, -0.05) is 201 Å². The Morgan fingerprint density at radius 3 is 1.76 bits per heavy atom. The Morgan fingerprint density at radius 2 is 0.983 bits per heavy atom. The van der Waals surface area contributed by atoms with Gasteiger partial charge in [0, 0.05) is 11.1 Å². The minimum atomic E-state index is -0.516. The van der Waals surface area contributed by atoms with Gasteiger partial charge in [0.25, 0.3) is 0 Å². The molecule has 0 amide bonds. The normalized spacial score (nSPS) is 15.5. The molecular weight excluding hydrogens is 699 g/mol. The van der Waals surface area contributed by atoms with E-state index in [2.05, 4.69) is 214 Å². The van der Waals surface area contributed by atoms with E-state index >= 15 is 0 Å². The molecule has 0 saturated heterocycles. The first kappa shape index (κ1) is 33.9. The molecule has 1 atom stereocenters. The molecule has 0 heterocycles. The second kappa shape index (κ2) is 13.4. The van der Waals surface area contributed by atoms with Crippen LogP contribution >= 0.6 is 0 Å². The summed E-state index contributed by atoms with van der Waals surface area (Å²) in [6.45, 7) is 6.90. The smallest absolute Gasteiger partial charge is 0.0793 e. The average Bonchev–Trinajstić information content (AvgIpc) is 3.73. The molecule has 11 rings (SSSR count). The highest BCUT2D eigenvalue weighted by Gasteiger charge is 2.52. The van der Waals surface area contributed by atoms with Crippen molar-refractivity contribution in [2.45, 2.75) is 12.3 Å². The lowest BCUT2D eigenvalue weighted by molar-refractivity contribution is 0.767. The molecule has 9 aromatic carbocycles. The first-order valence-electron chi connectivity index (χ1n) is 20.1. The molecule has 272 valence electrons. The molecule has 0 radical (unpaired) electrons. The fourth-order valence-corrected chi connectivity index (χ4v) is 9.81. The molecule has 1 heteroatoms. The molecule has 0 bridgehead atoms. The topological polar surface area (TPSA) is 12.4 Å². The average molecular weight is 738 g/mol. The fourth-order valence-electron chi connectivity index (χ4n) is 9.81. The van der Waals surface area contributed by atoms with Crippen molar-refractivity contribution in [2.24, 2.45) is 4.99 Å². The van der Waals surface area contributed by atoms with Gasteiger partial charge >= 0.3 is 0 Å². The molecule has 0 saturated carbocycles. The number of aliphatic imine (C=N–C) groups is 1. The lowest BCUT2D eigenvalue weighted by Gasteiger charge is -2.31. The Kier molecular flexibility index (Phi) is 7.84. The van der Waals surface area contributed by atoms with Crippen molar-refractivity contribution in [1.29, 1.82) is 0 Å². The summed E-state index contributed by atoms with van der Waals surface area (Å²) < 4.78 is 0. The van der Waals surface area contributed by atoms with Gasteiger partial charge in [-0.15, -0.1) is 0 Å². The number of nitrogens with zero attached hydrogens (tertiary/aromatic N) is 1. The highest BCUT2D eigenvalue weighted by Crippen LogP contribution is 2.62. The third-order valence-electron chi connectivity index (χ3n) is 12.5. The molecule has 0 aliphatic heterocycles. The van der Waals surface area contributed by atoms with Crippen LogP contribution in [0.15, 0.2) is 223 Å². The second-order valence-electron chi connectivity index (χ2n) is 15.5. The minimum absolute atomic E-state index is 0.516. The van der Waals surface area contributed by atoms with Gasteiger partial charge in [0.1, 0.15) is 0 Å². The summed E-state index contributed by atoms with van der Waals surface area (Å²) in [6, 6.07) is 75.0. The molecule has 2 aliphatic carbocycles. The number of hydrogen-bond donors (Lipinski definition) is 0. The van der Waals surface area contributed by atoms with E-state index in [9.17, 15) is 0 Å². The number of fused-ring (bicyclic) bond motifs is 9. The van der Waals surface area contributed by atoms with E-state index in [1.54, 1.807) is 0 Å². The second-order valence-corrected chi connectivity index (χ2v) is 15.5. The van der Waals surface area contributed by atoms with E-state index in [0.29, 0.717) is 0 Å². The van der Waals surface area contributed by atoms with Gasteiger partial charge in [0.15, 0.2) is 0 Å². The molecule has 0 N–H and O–H groups in total. The van der Waals surface area contributed by atoms with Crippen LogP contribution in [0, 0.1) is 0 Å². The Bertz CT molecular complexity index is 3170. The van der Waals surface area contributed by atoms with Crippen molar-refractivity contribution in [3.63, 3.8) is 0 Å². The third kappa shape index (κ3) is 5.14. The predicted octanol–water partition coefficient (Wildman–Crippen LogP) is 14.6. The Labute approximate surface area is 339 Å². The quantitative estimate of drug-likeness (QED) is 0.151. The lowest BCUT2D eigenvalue weighted by atomic mass is 9.69. The summed E-state index contributed by atoms with van der Waals surface area (Å²) in [5.41, 5.74) is 18.2. The summed E-state index contributed by atoms with van der Waals surface area (Å²) >= 11 is 0. The highest BCUT2D eigenvalue weighted by atomic mass is 14.8. The van der Waals surface area contributed by atoms with Crippen LogP contribution in [-0.2, 0) is 5.41 Å². The number of hydrogen-bond acceptors (Lipinski definition) is 1. The van der Waals surface area contributed by atoms with Crippen molar-refractivity contribution in [2.75, 3.05) is 0 Å². The number of allylic oxidation sites excluding steroid dienone is 2. The maximum atomic E-state index is 5.54. The first-order chi connectivity index (χ1) is 28.6. The van der Waals surface area contributed by atoms with Gasteiger partial charge in [0.2, 0.25) is 0 Å². The van der Waals surface area contributed by atoms with E-state index in [1.807, 2.05) is 6.07 Å². The molecule has 1 nitrogen and oxygen atoms in total. The minimum Gasteiger partial charge on any atom is -0.248 e. The first-order valence-corrected chi connectivity index (χ1v) is 20.1. The van der Waals surface area contributed by atoms with Crippen LogP contribution in [-0.4, -0.2) is 5.71 Å². The van der Waals surface area contributed by atoms with Gasteiger partial charge in [-0.05, 0) is 107 Å². The molecular formula is C57H39N. The summed E-state index contributed by atoms with van der Waals surface area (Å²) in [4.78, 5) is 5.54. The molecule has 9 aromatic rings. The highest BCUT2D eigenvalue weighted by molar-refractivity contribution is 6.38. The Hall–Kier alpha value is -7.35. The van der Waals surface area contributed by atoms with E-state index in [0.717, 1.165) is 28.1 Å². The third-order valence-corrected chi connectivity index (χ3v) is 12.5. The maximum Gasteiger partial charge on any atom is 0.0793 e. The van der Waals surface area contributed by atoms with Gasteiger partial charge in [-0.25, -0.2) is 4.99 Å². The molecule has 2 aliphatic rings. The maximum absolute atomic E-state index is 5.54. The zero-order valence-electron chi connectivity index (χ0n) is 32.3. The van der Waals surface area contributed by atoms with Crippen LogP contribution in [0.2, 0.25) is 0 Å². The van der Waals surface area contributed by atoms with Crippen molar-refractivity contribution >= 4 is 38.5 Å². The van der Waals surface area contributed by atoms with Crippen LogP contribution < -0.4 is 0 Å². The Balaban J connectivity index is 1.12. The summed E-state index contributed by atoms with van der Waals surface area (Å²) in [5.74, 6) is 0. The van der Waals surface area contributed by atoms with Crippen molar-refractivity contribution in [3.8, 4) is 33.4 Å². The monoisotopic (exact) mass is 737 g/mol. The molecule has 1 unspecified atom stereocenters. The molecule has 0 aromatic heterocycles. The van der Waals surface area contributed by atoms with Gasteiger partial charge < -0.3 is 0 Å². The summed E-state index contributed by atoms with van der Waals surface area (Å²) in [6.07, 6.45) is 0. The van der Waals surface area contributed by atoms with Crippen LogP contribution in [0.4, 0.5) is 0 Å². The zero-order chi connectivity index (χ0) is 38.8. The SMILES string of the molecule is C=C(N=C(C1=C(C)C2(c3ccccc31)c1ccccc1-c1ccc(-c3ccc(-c4ccc5ccccc5c4)cc3)cc12)c1cccc2ccccc12)c1ccccc1. The van der Waals surface area contributed by atoms with Gasteiger partial charge in [-0.2, -0.15) is 0 Å².